The van der Waals surface area contributed by atoms with E-state index in [0.29, 0.717) is 33.7 Å². The average molecular weight is 498 g/mol. The molecule has 0 fully saturated rings. The molecule has 0 aliphatic heterocycles. The highest BCUT2D eigenvalue weighted by Gasteiger charge is 2.13. The van der Waals surface area contributed by atoms with Gasteiger partial charge in [-0.1, -0.05) is 18.2 Å². The van der Waals surface area contributed by atoms with Crippen molar-refractivity contribution in [1.29, 1.82) is 0 Å². The van der Waals surface area contributed by atoms with Crippen LogP contribution in [0.15, 0.2) is 76.3 Å². The highest BCUT2D eigenvalue weighted by molar-refractivity contribution is 9.10. The van der Waals surface area contributed by atoms with Crippen molar-refractivity contribution in [1.82, 2.24) is 5.43 Å². The molecule has 0 unspecified atom stereocenters. The van der Waals surface area contributed by atoms with Gasteiger partial charge >= 0.3 is 0 Å². The Morgan fingerprint density at radius 2 is 1.84 bits per heavy atom. The monoisotopic (exact) mass is 497 g/mol. The number of carbonyl (C=O) groups is 1. The Morgan fingerprint density at radius 3 is 2.50 bits per heavy atom. The van der Waals surface area contributed by atoms with E-state index < -0.39 is 4.92 Å². The fourth-order valence-corrected chi connectivity index (χ4v) is 3.33. The molecular formula is C23H20BrN3O5. The Morgan fingerprint density at radius 1 is 1.12 bits per heavy atom. The Balaban J connectivity index is 1.71. The van der Waals surface area contributed by atoms with Crippen molar-refractivity contribution in [3.8, 4) is 11.5 Å². The Hall–Kier alpha value is -3.72. The zero-order valence-corrected chi connectivity index (χ0v) is 18.7. The normalized spacial score (nSPS) is 10.7. The van der Waals surface area contributed by atoms with E-state index in [1.54, 1.807) is 48.5 Å². The molecule has 32 heavy (non-hydrogen) atoms. The molecule has 9 heteroatoms. The first kappa shape index (κ1) is 23.0. The summed E-state index contributed by atoms with van der Waals surface area (Å²) in [6, 6.07) is 18.5. The van der Waals surface area contributed by atoms with Crippen LogP contribution < -0.4 is 14.9 Å². The summed E-state index contributed by atoms with van der Waals surface area (Å²) in [5.74, 6) is 0.685. The van der Waals surface area contributed by atoms with Crippen LogP contribution in [-0.2, 0) is 6.61 Å². The maximum atomic E-state index is 12.1. The third kappa shape index (κ3) is 6.14. The first-order chi connectivity index (χ1) is 15.5. The van der Waals surface area contributed by atoms with E-state index in [1.165, 1.54) is 18.3 Å². The van der Waals surface area contributed by atoms with E-state index in [-0.39, 0.29) is 18.2 Å². The first-order valence-electron chi connectivity index (χ1n) is 9.69. The number of halogens is 1. The largest absolute Gasteiger partial charge is 0.490 e. The van der Waals surface area contributed by atoms with Gasteiger partial charge in [0.1, 0.15) is 6.61 Å². The van der Waals surface area contributed by atoms with Crippen LogP contribution in [0.3, 0.4) is 0 Å². The van der Waals surface area contributed by atoms with Gasteiger partial charge in [-0.05, 0) is 70.4 Å². The molecule has 3 aromatic carbocycles. The fraction of sp³-hybridized carbons (Fsp3) is 0.130. The maximum Gasteiger partial charge on any atom is 0.271 e. The number of hydrazone groups is 1. The second-order valence-electron chi connectivity index (χ2n) is 6.54. The quantitative estimate of drug-likeness (QED) is 0.251. The molecule has 3 rings (SSSR count). The summed E-state index contributed by atoms with van der Waals surface area (Å²) in [7, 11) is 0. The molecule has 0 radical (unpaired) electrons. The summed E-state index contributed by atoms with van der Waals surface area (Å²) < 4.78 is 12.2. The predicted molar refractivity (Wildman–Crippen MR) is 124 cm³/mol. The summed E-state index contributed by atoms with van der Waals surface area (Å²) in [4.78, 5) is 22.4. The number of nitrogens with one attached hydrogen (secondary N) is 1. The van der Waals surface area contributed by atoms with Crippen LogP contribution in [-0.4, -0.2) is 23.7 Å². The average Bonchev–Trinajstić information content (AvgIpc) is 2.79. The maximum absolute atomic E-state index is 12.1. The summed E-state index contributed by atoms with van der Waals surface area (Å²) >= 11 is 3.49. The van der Waals surface area contributed by atoms with Gasteiger partial charge < -0.3 is 9.47 Å². The number of non-ortho nitro benzene ring substituents is 1. The topological polar surface area (TPSA) is 103 Å². The predicted octanol–water partition coefficient (Wildman–Crippen LogP) is 5.10. The van der Waals surface area contributed by atoms with Crippen LogP contribution in [0.2, 0.25) is 0 Å². The van der Waals surface area contributed by atoms with Gasteiger partial charge in [0, 0.05) is 17.7 Å². The van der Waals surface area contributed by atoms with Crippen LogP contribution in [0.25, 0.3) is 0 Å². The van der Waals surface area contributed by atoms with E-state index in [0.717, 1.165) is 5.56 Å². The van der Waals surface area contributed by atoms with E-state index >= 15 is 0 Å². The van der Waals surface area contributed by atoms with Gasteiger partial charge in [0.05, 0.1) is 22.2 Å². The van der Waals surface area contributed by atoms with E-state index in [9.17, 15) is 14.9 Å². The molecule has 0 saturated heterocycles. The summed E-state index contributed by atoms with van der Waals surface area (Å²) in [6.07, 6.45) is 1.51. The van der Waals surface area contributed by atoms with Crippen LogP contribution >= 0.6 is 15.9 Å². The minimum atomic E-state index is -0.447. The standard InChI is InChI=1S/C23H20BrN3O5/c1-2-31-21-13-17(14-25-26-23(28)18-6-4-3-5-7-18)12-20(24)22(21)32-15-16-8-10-19(11-9-16)27(29)30/h3-14H,2,15H2,1H3,(H,26,28)/b25-14-. The molecule has 164 valence electrons. The molecule has 0 aliphatic carbocycles. The lowest BCUT2D eigenvalue weighted by Gasteiger charge is -2.14. The second-order valence-corrected chi connectivity index (χ2v) is 7.39. The van der Waals surface area contributed by atoms with Gasteiger partial charge in [0.25, 0.3) is 11.6 Å². The summed E-state index contributed by atoms with van der Waals surface area (Å²) in [5, 5.41) is 14.8. The molecule has 0 aliphatic rings. The highest BCUT2D eigenvalue weighted by atomic mass is 79.9. The Kier molecular flexibility index (Phi) is 7.93. The number of carbonyl (C=O) groups excluding carboxylic acids is 1. The number of hydrogen-bond acceptors (Lipinski definition) is 6. The fourth-order valence-electron chi connectivity index (χ4n) is 2.75. The SMILES string of the molecule is CCOc1cc(/C=N\NC(=O)c2ccccc2)cc(Br)c1OCc1ccc([N+](=O)[O-])cc1. The minimum Gasteiger partial charge on any atom is -0.490 e. The lowest BCUT2D eigenvalue weighted by Crippen LogP contribution is -2.17. The molecule has 0 bridgehead atoms. The van der Waals surface area contributed by atoms with E-state index in [2.05, 4.69) is 26.5 Å². The molecular weight excluding hydrogens is 478 g/mol. The van der Waals surface area contributed by atoms with Crippen molar-refractivity contribution in [2.24, 2.45) is 5.10 Å². The second kappa shape index (κ2) is 11.1. The van der Waals surface area contributed by atoms with Gasteiger partial charge in [-0.25, -0.2) is 5.43 Å². The summed E-state index contributed by atoms with van der Waals surface area (Å²) in [5.41, 5.74) is 4.49. The van der Waals surface area contributed by atoms with Gasteiger partial charge in [0.2, 0.25) is 0 Å². The number of nitrogens with zero attached hydrogens (tertiary/aromatic N) is 2. The molecule has 0 saturated carbocycles. The molecule has 8 nitrogen and oxygen atoms in total. The molecule has 1 N–H and O–H groups in total. The third-order valence-electron chi connectivity index (χ3n) is 4.28. The van der Waals surface area contributed by atoms with Gasteiger partial charge in [0.15, 0.2) is 11.5 Å². The zero-order chi connectivity index (χ0) is 22.9. The smallest absolute Gasteiger partial charge is 0.271 e. The molecule has 1 amide bonds. The van der Waals surface area contributed by atoms with Crippen molar-refractivity contribution in [2.45, 2.75) is 13.5 Å². The number of hydrogen-bond donors (Lipinski definition) is 1. The van der Waals surface area contributed by atoms with Crippen molar-refractivity contribution >= 4 is 33.7 Å². The Bertz CT molecular complexity index is 1120. The molecule has 3 aromatic rings. The molecule has 0 aromatic heterocycles. The number of benzene rings is 3. The number of nitro benzene ring substituents is 1. The van der Waals surface area contributed by atoms with Crippen molar-refractivity contribution < 1.29 is 19.2 Å². The lowest BCUT2D eigenvalue weighted by atomic mass is 10.2. The molecule has 0 atom stereocenters. The Labute approximate surface area is 193 Å². The van der Waals surface area contributed by atoms with Crippen LogP contribution in [0, 0.1) is 10.1 Å². The van der Waals surface area contributed by atoms with E-state index in [4.69, 9.17) is 9.47 Å². The van der Waals surface area contributed by atoms with Crippen LogP contribution in [0.1, 0.15) is 28.4 Å². The van der Waals surface area contributed by atoms with Crippen molar-refractivity contribution in [2.75, 3.05) is 6.61 Å². The summed E-state index contributed by atoms with van der Waals surface area (Å²) in [6.45, 7) is 2.48. The molecule has 0 heterocycles. The van der Waals surface area contributed by atoms with E-state index in [1.807, 2.05) is 13.0 Å². The zero-order valence-electron chi connectivity index (χ0n) is 17.2. The minimum absolute atomic E-state index is 0.0212. The number of ether oxygens (including phenoxy) is 2. The lowest BCUT2D eigenvalue weighted by molar-refractivity contribution is -0.384. The third-order valence-corrected chi connectivity index (χ3v) is 4.87. The number of amides is 1. The van der Waals surface area contributed by atoms with Crippen LogP contribution in [0.4, 0.5) is 5.69 Å². The number of rotatable bonds is 9. The highest BCUT2D eigenvalue weighted by Crippen LogP contribution is 2.37. The van der Waals surface area contributed by atoms with Gasteiger partial charge in [-0.15, -0.1) is 0 Å². The van der Waals surface area contributed by atoms with Crippen molar-refractivity contribution in [3.63, 3.8) is 0 Å². The van der Waals surface area contributed by atoms with Crippen molar-refractivity contribution in [3.05, 3.63) is 98.0 Å². The first-order valence-corrected chi connectivity index (χ1v) is 10.5. The molecule has 0 spiro atoms. The number of nitro groups is 1. The van der Waals surface area contributed by atoms with Crippen LogP contribution in [0.5, 0.6) is 11.5 Å². The van der Waals surface area contributed by atoms with Gasteiger partial charge in [-0.3, -0.25) is 14.9 Å². The van der Waals surface area contributed by atoms with Gasteiger partial charge in [-0.2, -0.15) is 5.10 Å².